The summed E-state index contributed by atoms with van der Waals surface area (Å²) in [6, 6.07) is 5.74. The molecule has 0 amide bonds. The first-order chi connectivity index (χ1) is 9.72. The predicted octanol–water partition coefficient (Wildman–Crippen LogP) is 2.93. The lowest BCUT2D eigenvalue weighted by Gasteiger charge is -2.11. The minimum absolute atomic E-state index is 0.0102. The molecule has 0 aromatic carbocycles. The van der Waals surface area contributed by atoms with E-state index in [1.807, 2.05) is 24.5 Å². The first-order valence-corrected chi connectivity index (χ1v) is 7.51. The van der Waals surface area contributed by atoms with Crippen molar-refractivity contribution in [3.63, 3.8) is 0 Å². The topological polar surface area (TPSA) is 51.5 Å². The van der Waals surface area contributed by atoms with Crippen LogP contribution in [0.2, 0.25) is 0 Å². The Hall–Kier alpha value is -1.59. The predicted molar refractivity (Wildman–Crippen MR) is 77.3 cm³/mol. The third kappa shape index (κ3) is 2.27. The van der Waals surface area contributed by atoms with Crippen LogP contribution in [0.3, 0.4) is 0 Å². The number of esters is 1. The monoisotopic (exact) mass is 291 g/mol. The van der Waals surface area contributed by atoms with Crippen LogP contribution in [-0.4, -0.2) is 20.1 Å². The number of hydrogen-bond donors (Lipinski definition) is 1. The fourth-order valence-corrected chi connectivity index (χ4v) is 4.01. The van der Waals surface area contributed by atoms with Gasteiger partial charge in [0.2, 0.25) is 5.76 Å². The zero-order chi connectivity index (χ0) is 14.1. The number of rotatable bonds is 4. The highest BCUT2D eigenvalue weighted by Crippen LogP contribution is 2.36. The highest BCUT2D eigenvalue weighted by molar-refractivity contribution is 7.12. The summed E-state index contributed by atoms with van der Waals surface area (Å²) in [6.45, 7) is 0. The summed E-state index contributed by atoms with van der Waals surface area (Å²) in [5.41, 5.74) is 1.46. The van der Waals surface area contributed by atoms with Gasteiger partial charge in [0.25, 0.3) is 0 Å². The molecular weight excluding hydrogens is 274 g/mol. The summed E-state index contributed by atoms with van der Waals surface area (Å²) >= 11 is 1.83. The molecule has 20 heavy (non-hydrogen) atoms. The van der Waals surface area contributed by atoms with Crippen molar-refractivity contribution in [1.82, 2.24) is 5.32 Å². The van der Waals surface area contributed by atoms with Crippen LogP contribution in [0.4, 0.5) is 0 Å². The average molecular weight is 291 g/mol. The molecule has 2 aromatic heterocycles. The molecule has 0 fully saturated rings. The summed E-state index contributed by atoms with van der Waals surface area (Å²) in [4.78, 5) is 14.2. The quantitative estimate of drug-likeness (QED) is 0.880. The molecule has 0 saturated heterocycles. The van der Waals surface area contributed by atoms with Crippen molar-refractivity contribution in [2.75, 3.05) is 14.2 Å². The molecule has 2 aromatic rings. The summed E-state index contributed by atoms with van der Waals surface area (Å²) in [5, 5.41) is 3.26. The first kappa shape index (κ1) is 13.4. The first-order valence-electron chi connectivity index (χ1n) is 6.69. The molecule has 0 aliphatic heterocycles. The molecule has 5 heteroatoms. The molecule has 0 spiro atoms. The molecule has 2 heterocycles. The van der Waals surface area contributed by atoms with E-state index in [1.54, 1.807) is 6.07 Å². The maximum atomic E-state index is 11.5. The van der Waals surface area contributed by atoms with Crippen LogP contribution in [0.25, 0.3) is 0 Å². The number of nitrogens with one attached hydrogen (secondary N) is 1. The molecule has 0 bridgehead atoms. The van der Waals surface area contributed by atoms with Gasteiger partial charge in [0.15, 0.2) is 0 Å². The standard InChI is InChI=1S/C15H17NO3S/c1-16-14(10-6-7-11(19-10)15(17)18-2)13-8-9-4-3-5-12(9)20-13/h6-8,14,16H,3-5H2,1-2H3. The maximum absolute atomic E-state index is 11.5. The van der Waals surface area contributed by atoms with E-state index in [2.05, 4.69) is 16.1 Å². The van der Waals surface area contributed by atoms with Crippen molar-refractivity contribution in [2.24, 2.45) is 0 Å². The molecule has 1 N–H and O–H groups in total. The van der Waals surface area contributed by atoms with Crippen LogP contribution >= 0.6 is 11.3 Å². The van der Waals surface area contributed by atoms with E-state index in [4.69, 9.17) is 4.42 Å². The highest BCUT2D eigenvalue weighted by Gasteiger charge is 2.23. The maximum Gasteiger partial charge on any atom is 0.373 e. The Balaban J connectivity index is 1.89. The fraction of sp³-hybridized carbons (Fsp3) is 0.400. The number of hydrogen-bond acceptors (Lipinski definition) is 5. The second-order valence-corrected chi connectivity index (χ2v) is 6.03. The second-order valence-electron chi connectivity index (χ2n) is 4.87. The third-order valence-electron chi connectivity index (χ3n) is 3.64. The molecule has 4 nitrogen and oxygen atoms in total. The van der Waals surface area contributed by atoms with Crippen LogP contribution in [0, 0.1) is 0 Å². The van der Waals surface area contributed by atoms with Gasteiger partial charge in [-0.1, -0.05) is 0 Å². The smallest absolute Gasteiger partial charge is 0.373 e. The Morgan fingerprint density at radius 2 is 2.30 bits per heavy atom. The zero-order valence-corrected chi connectivity index (χ0v) is 12.4. The van der Waals surface area contributed by atoms with Crippen LogP contribution in [0.5, 0.6) is 0 Å². The molecule has 1 aliphatic rings. The summed E-state index contributed by atoms with van der Waals surface area (Å²) < 4.78 is 10.3. The largest absolute Gasteiger partial charge is 0.463 e. The number of thiophene rings is 1. The van der Waals surface area contributed by atoms with Crippen molar-refractivity contribution in [2.45, 2.75) is 25.3 Å². The number of carbonyl (C=O) groups excluding carboxylic acids is 1. The van der Waals surface area contributed by atoms with Crippen LogP contribution in [0.1, 0.15) is 44.1 Å². The Bertz CT molecular complexity index is 607. The zero-order valence-electron chi connectivity index (χ0n) is 11.6. The van der Waals surface area contributed by atoms with Crippen LogP contribution in [0.15, 0.2) is 22.6 Å². The van der Waals surface area contributed by atoms with Gasteiger partial charge in [-0.25, -0.2) is 4.79 Å². The van der Waals surface area contributed by atoms with Gasteiger partial charge in [0, 0.05) is 9.75 Å². The minimum Gasteiger partial charge on any atom is -0.463 e. The van der Waals surface area contributed by atoms with Crippen LogP contribution < -0.4 is 5.32 Å². The normalized spacial score (nSPS) is 15.1. The summed E-state index contributed by atoms with van der Waals surface area (Å²) in [6.07, 6.45) is 3.62. The Morgan fingerprint density at radius 1 is 1.45 bits per heavy atom. The van der Waals surface area contributed by atoms with Crippen LogP contribution in [-0.2, 0) is 17.6 Å². The Labute approximate surface area is 121 Å². The number of furan rings is 1. The van der Waals surface area contributed by atoms with Gasteiger partial charge in [-0.15, -0.1) is 11.3 Å². The highest BCUT2D eigenvalue weighted by atomic mass is 32.1. The lowest BCUT2D eigenvalue weighted by molar-refractivity contribution is 0.0562. The van der Waals surface area contributed by atoms with E-state index in [0.29, 0.717) is 0 Å². The third-order valence-corrected chi connectivity index (χ3v) is 4.94. The fourth-order valence-electron chi connectivity index (χ4n) is 2.64. The van der Waals surface area contributed by atoms with E-state index in [9.17, 15) is 4.79 Å². The van der Waals surface area contributed by atoms with E-state index in [-0.39, 0.29) is 11.8 Å². The number of carbonyl (C=O) groups is 1. The number of fused-ring (bicyclic) bond motifs is 1. The molecule has 0 saturated carbocycles. The lowest BCUT2D eigenvalue weighted by Crippen LogP contribution is -2.15. The molecule has 1 aliphatic carbocycles. The van der Waals surface area contributed by atoms with Crippen molar-refractivity contribution in [3.05, 3.63) is 45.0 Å². The Morgan fingerprint density at radius 3 is 3.00 bits per heavy atom. The SMILES string of the molecule is CNC(c1ccc(C(=O)OC)o1)c1cc2c(s1)CCC2. The van der Waals surface area contributed by atoms with E-state index in [0.717, 1.165) is 5.76 Å². The lowest BCUT2D eigenvalue weighted by atomic mass is 10.1. The van der Waals surface area contributed by atoms with Crippen molar-refractivity contribution in [1.29, 1.82) is 0 Å². The molecule has 1 atom stereocenters. The van der Waals surface area contributed by atoms with E-state index >= 15 is 0 Å². The minimum atomic E-state index is -0.445. The van der Waals surface area contributed by atoms with Crippen molar-refractivity contribution in [3.8, 4) is 0 Å². The molecule has 0 radical (unpaired) electrons. The molecule has 106 valence electrons. The number of aryl methyl sites for hydroxylation is 2. The van der Waals surface area contributed by atoms with E-state index in [1.165, 1.54) is 41.7 Å². The van der Waals surface area contributed by atoms with Gasteiger partial charge in [-0.2, -0.15) is 0 Å². The Kier molecular flexibility index (Phi) is 3.63. The van der Waals surface area contributed by atoms with Gasteiger partial charge in [-0.05, 0) is 50.1 Å². The second kappa shape index (κ2) is 5.42. The van der Waals surface area contributed by atoms with Gasteiger partial charge < -0.3 is 14.5 Å². The average Bonchev–Trinajstić information content (AvgIpc) is 3.13. The van der Waals surface area contributed by atoms with Crippen molar-refractivity contribution >= 4 is 17.3 Å². The number of methoxy groups -OCH3 is 1. The van der Waals surface area contributed by atoms with Crippen molar-refractivity contribution < 1.29 is 13.9 Å². The van der Waals surface area contributed by atoms with Gasteiger partial charge in [0.05, 0.1) is 7.11 Å². The van der Waals surface area contributed by atoms with Gasteiger partial charge >= 0.3 is 5.97 Å². The summed E-state index contributed by atoms with van der Waals surface area (Å²) in [5.74, 6) is 0.541. The van der Waals surface area contributed by atoms with Gasteiger partial charge in [-0.3, -0.25) is 0 Å². The van der Waals surface area contributed by atoms with Gasteiger partial charge in [0.1, 0.15) is 11.8 Å². The number of ether oxygens (including phenoxy) is 1. The van der Waals surface area contributed by atoms with E-state index < -0.39 is 5.97 Å². The summed E-state index contributed by atoms with van der Waals surface area (Å²) in [7, 11) is 3.25. The molecular formula is C15H17NO3S. The molecule has 3 rings (SSSR count). The molecule has 1 unspecified atom stereocenters.